The van der Waals surface area contributed by atoms with Gasteiger partial charge in [0.1, 0.15) is 10.1 Å². The fourth-order valence-electron chi connectivity index (χ4n) is 1.50. The van der Waals surface area contributed by atoms with Gasteiger partial charge in [-0.3, -0.25) is 0 Å². The third-order valence-electron chi connectivity index (χ3n) is 2.26. The first-order valence-electron chi connectivity index (χ1n) is 4.43. The number of hydrogen-bond donors (Lipinski definition) is 0. The van der Waals surface area contributed by atoms with Gasteiger partial charge in [0, 0.05) is 0 Å². The Bertz CT molecular complexity index is 620. The van der Waals surface area contributed by atoms with Crippen LogP contribution in [0.15, 0.2) is 41.3 Å². The van der Waals surface area contributed by atoms with E-state index in [1.54, 1.807) is 6.07 Å². The van der Waals surface area contributed by atoms with Gasteiger partial charge in [-0.25, -0.2) is 8.42 Å². The molecule has 0 radical (unpaired) electrons. The van der Waals surface area contributed by atoms with Crippen molar-refractivity contribution in [2.24, 2.45) is 0 Å². The van der Waals surface area contributed by atoms with Crippen molar-refractivity contribution in [3.05, 3.63) is 42.0 Å². The molecule has 2 rings (SSSR count). The fourth-order valence-corrected chi connectivity index (χ4v) is 2.01. The Morgan fingerprint density at radius 3 is 2.25 bits per heavy atom. The third kappa shape index (κ3) is 3.13. The van der Waals surface area contributed by atoms with Crippen molar-refractivity contribution in [2.75, 3.05) is 0 Å². The summed E-state index contributed by atoms with van der Waals surface area (Å²) in [5.41, 5.74) is 1.03. The van der Waals surface area contributed by atoms with Gasteiger partial charge in [0.25, 0.3) is 0 Å². The Morgan fingerprint density at radius 1 is 1.00 bits per heavy atom. The monoisotopic (exact) mass is 260 g/mol. The minimum atomic E-state index is -4.36. The Labute approximate surface area is 137 Å². The van der Waals surface area contributed by atoms with Gasteiger partial charge in [-0.2, -0.15) is 0 Å². The average molecular weight is 260 g/mol. The van der Waals surface area contributed by atoms with Crippen LogP contribution in [-0.2, 0) is 10.1 Å². The van der Waals surface area contributed by atoms with Gasteiger partial charge >= 0.3 is 51.4 Å². The molecule has 0 aromatic heterocycles. The Morgan fingerprint density at radius 2 is 1.62 bits per heavy atom. The molecule has 0 amide bonds. The van der Waals surface area contributed by atoms with Crippen LogP contribution in [0.4, 0.5) is 0 Å². The van der Waals surface area contributed by atoms with Crippen LogP contribution in [0.2, 0.25) is 0 Å². The van der Waals surface area contributed by atoms with E-state index in [0.717, 1.165) is 16.3 Å². The zero-order chi connectivity index (χ0) is 11.1. The second kappa shape index (κ2) is 5.26. The molecule has 2 aromatic carbocycles. The normalized spacial score (nSPS) is 11.1. The van der Waals surface area contributed by atoms with Crippen LogP contribution in [0.1, 0.15) is 5.56 Å². The van der Waals surface area contributed by atoms with E-state index in [4.69, 9.17) is 0 Å². The summed E-state index contributed by atoms with van der Waals surface area (Å²) in [5, 5.41) is 1.69. The maximum absolute atomic E-state index is 10.8. The first-order valence-corrected chi connectivity index (χ1v) is 5.84. The van der Waals surface area contributed by atoms with Crippen LogP contribution >= 0.6 is 0 Å². The van der Waals surface area contributed by atoms with Gasteiger partial charge in [0.15, 0.2) is 0 Å². The summed E-state index contributed by atoms with van der Waals surface area (Å²) < 4.78 is 32.4. The van der Waals surface area contributed by atoms with E-state index >= 15 is 0 Å². The molecule has 0 aliphatic heterocycles. The van der Waals surface area contributed by atoms with Crippen molar-refractivity contribution in [3.8, 4) is 0 Å². The molecule has 0 atom stereocenters. The number of fused-ring (bicyclic) bond motifs is 1. The van der Waals surface area contributed by atoms with E-state index < -0.39 is 10.1 Å². The largest absolute Gasteiger partial charge is 1.00 e. The predicted molar refractivity (Wildman–Crippen MR) is 56.6 cm³/mol. The van der Waals surface area contributed by atoms with Crippen molar-refractivity contribution in [2.45, 2.75) is 11.8 Å². The first kappa shape index (κ1) is 14.3. The molecule has 0 unspecified atom stereocenters. The van der Waals surface area contributed by atoms with Gasteiger partial charge in [-0.1, -0.05) is 29.8 Å². The molecule has 0 saturated heterocycles. The molecule has 0 spiro atoms. The minimum Gasteiger partial charge on any atom is -0.744 e. The van der Waals surface area contributed by atoms with Crippen molar-refractivity contribution in [1.29, 1.82) is 0 Å². The van der Waals surface area contributed by atoms with Gasteiger partial charge in [0.2, 0.25) is 0 Å². The number of hydrogen-bond acceptors (Lipinski definition) is 3. The Hall–Kier alpha value is 0.246. The molecule has 0 N–H and O–H groups in total. The number of rotatable bonds is 1. The average Bonchev–Trinajstić information content (AvgIpc) is 2.15. The summed E-state index contributed by atoms with van der Waals surface area (Å²) >= 11 is 0. The molecule has 0 saturated carbocycles. The first-order chi connectivity index (χ1) is 6.97. The smallest absolute Gasteiger partial charge is 0.744 e. The zero-order valence-corrected chi connectivity index (χ0v) is 13.0. The van der Waals surface area contributed by atoms with Gasteiger partial charge in [-0.15, -0.1) is 0 Å². The van der Waals surface area contributed by atoms with Crippen LogP contribution < -0.4 is 51.4 Å². The maximum atomic E-state index is 10.8. The molecule has 0 fully saturated rings. The Balaban J connectivity index is 0.00000128. The van der Waals surface area contributed by atoms with E-state index in [1.165, 1.54) is 12.1 Å². The van der Waals surface area contributed by atoms with Gasteiger partial charge in [-0.05, 0) is 29.8 Å². The molecular formula is C11H9KO3S. The van der Waals surface area contributed by atoms with E-state index in [9.17, 15) is 13.0 Å². The van der Waals surface area contributed by atoms with Crippen LogP contribution in [0.3, 0.4) is 0 Å². The maximum Gasteiger partial charge on any atom is 1.00 e. The number of benzene rings is 2. The van der Waals surface area contributed by atoms with Gasteiger partial charge in [0.05, 0.1) is 4.90 Å². The topological polar surface area (TPSA) is 57.2 Å². The van der Waals surface area contributed by atoms with Crippen molar-refractivity contribution < 1.29 is 64.4 Å². The van der Waals surface area contributed by atoms with E-state index in [-0.39, 0.29) is 56.3 Å². The van der Waals surface area contributed by atoms with Gasteiger partial charge < -0.3 is 4.55 Å². The summed E-state index contributed by atoms with van der Waals surface area (Å²) in [5.74, 6) is 0. The second-order valence-corrected chi connectivity index (χ2v) is 4.85. The zero-order valence-electron chi connectivity index (χ0n) is 9.10. The number of aryl methyl sites for hydroxylation is 1. The van der Waals surface area contributed by atoms with Crippen LogP contribution in [0, 0.1) is 6.92 Å². The summed E-state index contributed by atoms with van der Waals surface area (Å²) in [6, 6.07) is 10.1. The fraction of sp³-hybridized carbons (Fsp3) is 0.0909. The molecular weight excluding hydrogens is 251 g/mol. The molecule has 16 heavy (non-hydrogen) atoms. The molecule has 3 nitrogen and oxygen atoms in total. The quantitative estimate of drug-likeness (QED) is 0.491. The molecule has 78 valence electrons. The molecule has 2 aromatic rings. The van der Waals surface area contributed by atoms with E-state index in [0.29, 0.717) is 0 Å². The summed E-state index contributed by atoms with van der Waals surface area (Å²) in [4.78, 5) is -0.180. The van der Waals surface area contributed by atoms with Crippen LogP contribution in [0.5, 0.6) is 0 Å². The molecule has 0 bridgehead atoms. The standard InChI is InChI=1S/C11H10O3S.K/c1-8-2-3-9-4-5-11(15(12,13)14)7-10(9)6-8;/h2-7H,1H3,(H,12,13,14);/q;+1/p-1. The summed E-state index contributed by atoms with van der Waals surface area (Å²) in [6.07, 6.45) is 0. The Kier molecular flexibility index (Phi) is 4.71. The second-order valence-electron chi connectivity index (χ2n) is 3.47. The molecule has 5 heteroatoms. The molecule has 0 aliphatic rings. The van der Waals surface area contributed by atoms with Crippen molar-refractivity contribution in [1.82, 2.24) is 0 Å². The SMILES string of the molecule is Cc1ccc2ccc(S(=O)(=O)[O-])cc2c1.[K+]. The summed E-state index contributed by atoms with van der Waals surface area (Å²) in [7, 11) is -4.36. The predicted octanol–water partition coefficient (Wildman–Crippen LogP) is -0.944. The van der Waals surface area contributed by atoms with E-state index in [2.05, 4.69) is 0 Å². The minimum absolute atomic E-state index is 0. The van der Waals surface area contributed by atoms with Crippen LogP contribution in [0.25, 0.3) is 10.8 Å². The van der Waals surface area contributed by atoms with Crippen LogP contribution in [-0.4, -0.2) is 13.0 Å². The summed E-state index contributed by atoms with van der Waals surface area (Å²) in [6.45, 7) is 1.91. The third-order valence-corrected chi connectivity index (χ3v) is 3.09. The molecule has 0 heterocycles. The van der Waals surface area contributed by atoms with E-state index in [1.807, 2.05) is 25.1 Å². The van der Waals surface area contributed by atoms with Crippen molar-refractivity contribution >= 4 is 20.9 Å². The van der Waals surface area contributed by atoms with Crippen molar-refractivity contribution in [3.63, 3.8) is 0 Å². The molecule has 0 aliphatic carbocycles.